The Kier molecular flexibility index (Phi) is 5.11. The van der Waals surface area contributed by atoms with Crippen LogP contribution in [0.4, 0.5) is 5.82 Å². The van der Waals surface area contributed by atoms with Crippen LogP contribution in [0.25, 0.3) is 0 Å². The second-order valence-corrected chi connectivity index (χ2v) is 5.87. The lowest BCUT2D eigenvalue weighted by Crippen LogP contribution is -2.41. The first kappa shape index (κ1) is 15.7. The summed E-state index contributed by atoms with van der Waals surface area (Å²) < 4.78 is 0. The van der Waals surface area contributed by atoms with Crippen molar-refractivity contribution in [2.75, 3.05) is 11.9 Å². The van der Waals surface area contributed by atoms with Gasteiger partial charge in [-0.3, -0.25) is 4.79 Å². The lowest BCUT2D eigenvalue weighted by atomic mass is 10.1. The van der Waals surface area contributed by atoms with Crippen molar-refractivity contribution < 1.29 is 4.79 Å². The standard InChI is InChI=1S/C13H21ClN4O/c1-8-11(14)16-9(2)17-12(8)15-7-6-10(19)18-13(3,4)5/h6-7H2,1-5H3,(H,18,19)(H,15,16,17). The van der Waals surface area contributed by atoms with E-state index in [1.165, 1.54) is 0 Å². The van der Waals surface area contributed by atoms with Crippen LogP contribution in [-0.4, -0.2) is 28.0 Å². The van der Waals surface area contributed by atoms with E-state index in [2.05, 4.69) is 20.6 Å². The van der Waals surface area contributed by atoms with Crippen LogP contribution < -0.4 is 10.6 Å². The first-order valence-electron chi connectivity index (χ1n) is 6.24. The van der Waals surface area contributed by atoms with Crippen molar-refractivity contribution in [3.8, 4) is 0 Å². The Morgan fingerprint density at radius 1 is 1.26 bits per heavy atom. The number of aromatic nitrogens is 2. The van der Waals surface area contributed by atoms with E-state index in [1.54, 1.807) is 6.92 Å². The van der Waals surface area contributed by atoms with Gasteiger partial charge in [0.1, 0.15) is 16.8 Å². The smallest absolute Gasteiger partial charge is 0.222 e. The minimum absolute atomic E-state index is 0.00882. The lowest BCUT2D eigenvalue weighted by Gasteiger charge is -2.20. The molecular weight excluding hydrogens is 264 g/mol. The summed E-state index contributed by atoms with van der Waals surface area (Å²) in [5.74, 6) is 1.30. The summed E-state index contributed by atoms with van der Waals surface area (Å²) in [5, 5.41) is 6.46. The van der Waals surface area contributed by atoms with Crippen LogP contribution in [0.3, 0.4) is 0 Å². The monoisotopic (exact) mass is 284 g/mol. The maximum Gasteiger partial charge on any atom is 0.222 e. The molecule has 2 N–H and O–H groups in total. The number of carbonyl (C=O) groups excluding carboxylic acids is 1. The topological polar surface area (TPSA) is 66.9 Å². The fraction of sp³-hybridized carbons (Fsp3) is 0.615. The Morgan fingerprint density at radius 2 is 1.89 bits per heavy atom. The van der Waals surface area contributed by atoms with Gasteiger partial charge in [-0.25, -0.2) is 9.97 Å². The summed E-state index contributed by atoms with van der Waals surface area (Å²) in [6, 6.07) is 0. The summed E-state index contributed by atoms with van der Waals surface area (Å²) in [7, 11) is 0. The highest BCUT2D eigenvalue weighted by Gasteiger charge is 2.13. The predicted molar refractivity (Wildman–Crippen MR) is 77.5 cm³/mol. The summed E-state index contributed by atoms with van der Waals surface area (Å²) >= 11 is 5.98. The molecule has 5 nitrogen and oxygen atoms in total. The number of rotatable bonds is 4. The third-order valence-corrected chi connectivity index (χ3v) is 2.73. The van der Waals surface area contributed by atoms with Gasteiger partial charge >= 0.3 is 0 Å². The largest absolute Gasteiger partial charge is 0.369 e. The molecule has 0 radical (unpaired) electrons. The molecule has 1 amide bonds. The van der Waals surface area contributed by atoms with Gasteiger partial charge in [-0.15, -0.1) is 0 Å². The molecule has 19 heavy (non-hydrogen) atoms. The van der Waals surface area contributed by atoms with Gasteiger partial charge in [0.2, 0.25) is 5.91 Å². The van der Waals surface area contributed by atoms with Gasteiger partial charge in [0.05, 0.1) is 0 Å². The Hall–Kier alpha value is -1.36. The number of anilines is 1. The molecule has 0 aromatic carbocycles. The van der Waals surface area contributed by atoms with Crippen LogP contribution in [-0.2, 0) is 4.79 Å². The molecule has 1 aromatic heterocycles. The van der Waals surface area contributed by atoms with E-state index in [0.29, 0.717) is 29.8 Å². The van der Waals surface area contributed by atoms with Crippen molar-refractivity contribution in [3.05, 3.63) is 16.5 Å². The average molecular weight is 285 g/mol. The number of nitrogens with one attached hydrogen (secondary N) is 2. The summed E-state index contributed by atoms with van der Waals surface area (Å²) in [6.07, 6.45) is 0.386. The number of hydrogen-bond acceptors (Lipinski definition) is 4. The molecular formula is C13H21ClN4O. The van der Waals surface area contributed by atoms with Gasteiger partial charge in [-0.1, -0.05) is 11.6 Å². The minimum atomic E-state index is -0.207. The number of hydrogen-bond donors (Lipinski definition) is 2. The highest BCUT2D eigenvalue weighted by Crippen LogP contribution is 2.19. The number of halogens is 1. The van der Waals surface area contributed by atoms with Crippen molar-refractivity contribution in [2.24, 2.45) is 0 Å². The van der Waals surface area contributed by atoms with Crippen molar-refractivity contribution in [1.82, 2.24) is 15.3 Å². The van der Waals surface area contributed by atoms with Gasteiger partial charge in [0, 0.05) is 24.1 Å². The van der Waals surface area contributed by atoms with Crippen LogP contribution in [0.15, 0.2) is 0 Å². The number of aryl methyl sites for hydroxylation is 1. The van der Waals surface area contributed by atoms with Crippen LogP contribution in [0, 0.1) is 13.8 Å². The first-order chi connectivity index (χ1) is 8.69. The van der Waals surface area contributed by atoms with Gasteiger partial charge in [-0.2, -0.15) is 0 Å². The fourth-order valence-corrected chi connectivity index (χ4v) is 1.75. The molecule has 0 atom stereocenters. The van der Waals surface area contributed by atoms with Gasteiger partial charge < -0.3 is 10.6 Å². The van der Waals surface area contributed by atoms with E-state index in [0.717, 1.165) is 5.56 Å². The molecule has 0 saturated heterocycles. The van der Waals surface area contributed by atoms with E-state index in [-0.39, 0.29) is 11.4 Å². The third kappa shape index (κ3) is 5.42. The highest BCUT2D eigenvalue weighted by molar-refractivity contribution is 6.30. The van der Waals surface area contributed by atoms with Gasteiger partial charge in [-0.05, 0) is 34.6 Å². The fourth-order valence-electron chi connectivity index (χ4n) is 1.54. The zero-order chi connectivity index (χ0) is 14.6. The molecule has 0 spiro atoms. The normalized spacial score (nSPS) is 11.3. The highest BCUT2D eigenvalue weighted by atomic mass is 35.5. The first-order valence-corrected chi connectivity index (χ1v) is 6.62. The van der Waals surface area contributed by atoms with Gasteiger partial charge in [0.25, 0.3) is 0 Å². The number of carbonyl (C=O) groups is 1. The average Bonchev–Trinajstić information content (AvgIpc) is 2.22. The summed E-state index contributed by atoms with van der Waals surface area (Å²) in [5.41, 5.74) is 0.588. The Morgan fingerprint density at radius 3 is 2.47 bits per heavy atom. The maximum atomic E-state index is 11.7. The number of amides is 1. The molecule has 1 aromatic rings. The van der Waals surface area contributed by atoms with Crippen LogP contribution >= 0.6 is 11.6 Å². The zero-order valence-electron chi connectivity index (χ0n) is 12.1. The van der Waals surface area contributed by atoms with Crippen LogP contribution in [0.5, 0.6) is 0 Å². The molecule has 0 bridgehead atoms. The predicted octanol–water partition coefficient (Wildman–Crippen LogP) is 2.46. The van der Waals surface area contributed by atoms with E-state index in [9.17, 15) is 4.79 Å². The molecule has 0 aliphatic carbocycles. The van der Waals surface area contributed by atoms with Crippen molar-refractivity contribution in [1.29, 1.82) is 0 Å². The van der Waals surface area contributed by atoms with Gasteiger partial charge in [0.15, 0.2) is 0 Å². The molecule has 1 heterocycles. The van der Waals surface area contributed by atoms with Crippen LogP contribution in [0.1, 0.15) is 38.6 Å². The second kappa shape index (κ2) is 6.19. The molecule has 0 fully saturated rings. The molecule has 0 saturated carbocycles. The Labute approximate surface area is 119 Å². The van der Waals surface area contributed by atoms with Crippen molar-refractivity contribution in [2.45, 2.75) is 46.6 Å². The molecule has 0 aliphatic heterocycles. The minimum Gasteiger partial charge on any atom is -0.369 e. The molecule has 106 valence electrons. The molecule has 0 aliphatic rings. The van der Waals surface area contributed by atoms with E-state index < -0.39 is 0 Å². The lowest BCUT2D eigenvalue weighted by molar-refractivity contribution is -0.122. The van der Waals surface area contributed by atoms with E-state index in [4.69, 9.17) is 11.6 Å². The molecule has 6 heteroatoms. The zero-order valence-corrected chi connectivity index (χ0v) is 12.9. The summed E-state index contributed by atoms with van der Waals surface area (Å²) in [6.45, 7) is 10.00. The van der Waals surface area contributed by atoms with E-state index >= 15 is 0 Å². The Bertz CT molecular complexity index is 468. The summed E-state index contributed by atoms with van der Waals surface area (Å²) in [4.78, 5) is 20.0. The quantitative estimate of drug-likeness (QED) is 0.834. The van der Waals surface area contributed by atoms with E-state index in [1.807, 2.05) is 27.7 Å². The van der Waals surface area contributed by atoms with Crippen molar-refractivity contribution >= 4 is 23.3 Å². The maximum absolute atomic E-state index is 11.7. The van der Waals surface area contributed by atoms with Crippen LogP contribution in [0.2, 0.25) is 5.15 Å². The SMILES string of the molecule is Cc1nc(Cl)c(C)c(NCCC(=O)NC(C)(C)C)n1. The molecule has 1 rings (SSSR count). The van der Waals surface area contributed by atoms with Crippen molar-refractivity contribution in [3.63, 3.8) is 0 Å². The second-order valence-electron chi connectivity index (χ2n) is 5.51. The third-order valence-electron chi connectivity index (χ3n) is 2.36. The molecule has 0 unspecified atom stereocenters. The number of nitrogens with zero attached hydrogens (tertiary/aromatic N) is 2. The Balaban J connectivity index is 2.52.